The van der Waals surface area contributed by atoms with Crippen molar-refractivity contribution in [2.75, 3.05) is 26.0 Å². The van der Waals surface area contributed by atoms with E-state index in [0.29, 0.717) is 19.4 Å². The topological polar surface area (TPSA) is 68.6 Å². The third-order valence-electron chi connectivity index (χ3n) is 1.90. The summed E-state index contributed by atoms with van der Waals surface area (Å²) in [6, 6.07) is 1.13. The van der Waals surface area contributed by atoms with Gasteiger partial charge >= 0.3 is 0 Å². The highest BCUT2D eigenvalue weighted by atomic mass is 31.2. The lowest BCUT2D eigenvalue weighted by Gasteiger charge is -2.25. The fourth-order valence-corrected chi connectivity index (χ4v) is 2.86. The van der Waals surface area contributed by atoms with E-state index in [1.165, 1.54) is 0 Å². The lowest BCUT2D eigenvalue weighted by atomic mass is 10.5. The smallest absolute Gasteiger partial charge is 0.257 e. The van der Waals surface area contributed by atoms with E-state index in [0.717, 1.165) is 0 Å². The van der Waals surface area contributed by atoms with Crippen molar-refractivity contribution < 1.29 is 18.6 Å². The van der Waals surface area contributed by atoms with Gasteiger partial charge in [0.1, 0.15) is 0 Å². The zero-order chi connectivity index (χ0) is 12.4. The normalized spacial score (nSPS) is 14.7. The predicted molar refractivity (Wildman–Crippen MR) is 61.4 cm³/mol. The zero-order valence-corrected chi connectivity index (χ0v) is 11.0. The van der Waals surface area contributed by atoms with Gasteiger partial charge in [0.05, 0.1) is 19.1 Å². The molecule has 0 fully saturated rings. The Bertz CT molecular complexity index is 258. The number of nitrogens with zero attached hydrogens (tertiary/aromatic N) is 1. The largest absolute Gasteiger partial charge is 0.345 e. The maximum absolute atomic E-state index is 12.4. The van der Waals surface area contributed by atoms with E-state index < -0.39 is 13.4 Å². The van der Waals surface area contributed by atoms with Crippen molar-refractivity contribution in [2.45, 2.75) is 33.2 Å². The van der Waals surface area contributed by atoms with Gasteiger partial charge in [0.25, 0.3) is 7.37 Å². The van der Waals surface area contributed by atoms with Gasteiger partial charge in [0, 0.05) is 19.4 Å². The minimum absolute atomic E-state index is 0.151. The van der Waals surface area contributed by atoms with Gasteiger partial charge in [-0.15, -0.1) is 0 Å². The van der Waals surface area contributed by atoms with E-state index in [2.05, 4.69) is 0 Å². The SMILES string of the molecule is CCOC(OCC)P(=O)(CC)OCCC#N. The molecule has 0 aromatic rings. The highest BCUT2D eigenvalue weighted by Gasteiger charge is 2.33. The average Bonchev–Trinajstić information content (AvgIpc) is 2.29. The molecule has 0 aromatic heterocycles. The van der Waals surface area contributed by atoms with Crippen molar-refractivity contribution in [3.8, 4) is 6.07 Å². The van der Waals surface area contributed by atoms with Crippen LogP contribution in [0.15, 0.2) is 0 Å². The van der Waals surface area contributed by atoms with Gasteiger partial charge in [-0.3, -0.25) is 4.57 Å². The zero-order valence-electron chi connectivity index (χ0n) is 10.1. The van der Waals surface area contributed by atoms with Gasteiger partial charge in [-0.2, -0.15) is 5.26 Å². The molecule has 16 heavy (non-hydrogen) atoms. The van der Waals surface area contributed by atoms with E-state index in [4.69, 9.17) is 19.3 Å². The first-order valence-electron chi connectivity index (χ1n) is 5.48. The Hall–Kier alpha value is -0.400. The van der Waals surface area contributed by atoms with Crippen LogP contribution >= 0.6 is 7.37 Å². The van der Waals surface area contributed by atoms with Gasteiger partial charge < -0.3 is 14.0 Å². The standard InChI is InChI=1S/C10H20NO4P/c1-4-13-10(14-5-2)16(12,6-3)15-9-7-8-11/h10H,4-7,9H2,1-3H3. The summed E-state index contributed by atoms with van der Waals surface area (Å²) in [7, 11) is -2.97. The van der Waals surface area contributed by atoms with Crippen LogP contribution in [0.2, 0.25) is 0 Å². The van der Waals surface area contributed by atoms with Crippen LogP contribution in [0.5, 0.6) is 0 Å². The second-order valence-electron chi connectivity index (χ2n) is 3.00. The fraction of sp³-hybridized carbons (Fsp3) is 0.900. The molecule has 0 saturated heterocycles. The van der Waals surface area contributed by atoms with Crippen molar-refractivity contribution in [3.63, 3.8) is 0 Å². The number of nitriles is 1. The monoisotopic (exact) mass is 249 g/mol. The van der Waals surface area contributed by atoms with Crippen LogP contribution in [0.3, 0.4) is 0 Å². The molecule has 0 heterocycles. The summed E-state index contributed by atoms with van der Waals surface area (Å²) in [5.41, 5.74) is 0. The predicted octanol–water partition coefficient (Wildman–Crippen LogP) is 2.57. The Labute approximate surface area is 97.1 Å². The molecule has 0 N–H and O–H groups in total. The van der Waals surface area contributed by atoms with Crippen LogP contribution in [0.4, 0.5) is 0 Å². The molecule has 0 spiro atoms. The molecule has 0 radical (unpaired) electrons. The Morgan fingerprint density at radius 3 is 2.19 bits per heavy atom. The molecule has 0 amide bonds. The van der Waals surface area contributed by atoms with E-state index >= 15 is 0 Å². The van der Waals surface area contributed by atoms with Crippen molar-refractivity contribution >= 4 is 7.37 Å². The Morgan fingerprint density at radius 1 is 1.25 bits per heavy atom. The molecule has 0 aromatic carbocycles. The summed E-state index contributed by atoms with van der Waals surface area (Å²) < 4.78 is 28.2. The molecule has 5 nitrogen and oxygen atoms in total. The van der Waals surface area contributed by atoms with Crippen molar-refractivity contribution in [3.05, 3.63) is 0 Å². The van der Waals surface area contributed by atoms with E-state index in [-0.39, 0.29) is 13.0 Å². The highest BCUT2D eigenvalue weighted by molar-refractivity contribution is 7.59. The maximum atomic E-state index is 12.4. The first kappa shape index (κ1) is 15.6. The third kappa shape index (κ3) is 5.09. The number of hydrogen-bond acceptors (Lipinski definition) is 5. The second-order valence-corrected chi connectivity index (χ2v) is 5.77. The first-order chi connectivity index (χ1) is 7.64. The van der Waals surface area contributed by atoms with E-state index in [1.54, 1.807) is 20.8 Å². The number of hydrogen-bond donors (Lipinski definition) is 0. The minimum Gasteiger partial charge on any atom is -0.345 e. The molecule has 1 unspecified atom stereocenters. The molecule has 6 heteroatoms. The van der Waals surface area contributed by atoms with Gasteiger partial charge in [0.15, 0.2) is 0 Å². The number of ether oxygens (including phenoxy) is 2. The molecule has 1 atom stereocenters. The van der Waals surface area contributed by atoms with Crippen LogP contribution in [-0.4, -0.2) is 32.0 Å². The minimum atomic E-state index is -2.97. The molecular formula is C10H20NO4P. The van der Waals surface area contributed by atoms with Crippen molar-refractivity contribution in [1.29, 1.82) is 5.26 Å². The molecule has 0 aliphatic carbocycles. The summed E-state index contributed by atoms with van der Waals surface area (Å²) in [5.74, 6) is 0. The van der Waals surface area contributed by atoms with E-state index in [9.17, 15) is 4.57 Å². The van der Waals surface area contributed by atoms with Crippen LogP contribution in [0.1, 0.15) is 27.2 Å². The lowest BCUT2D eigenvalue weighted by Crippen LogP contribution is -2.20. The average molecular weight is 249 g/mol. The summed E-state index contributed by atoms with van der Waals surface area (Å²) in [5, 5.41) is 8.40. The first-order valence-corrected chi connectivity index (χ1v) is 7.35. The van der Waals surface area contributed by atoms with Crippen molar-refractivity contribution in [2.24, 2.45) is 0 Å². The molecule has 0 rings (SSSR count). The van der Waals surface area contributed by atoms with E-state index in [1.807, 2.05) is 6.07 Å². The second kappa shape index (κ2) is 8.72. The summed E-state index contributed by atoms with van der Waals surface area (Å²) in [6.07, 6.45) is 0.554. The quantitative estimate of drug-likeness (QED) is 0.357. The Morgan fingerprint density at radius 2 is 1.81 bits per heavy atom. The van der Waals surface area contributed by atoms with Crippen molar-refractivity contribution in [1.82, 2.24) is 0 Å². The summed E-state index contributed by atoms with van der Waals surface area (Å²) >= 11 is 0. The summed E-state index contributed by atoms with van der Waals surface area (Å²) in [6.45, 7) is 6.35. The Balaban J connectivity index is 4.47. The summed E-state index contributed by atoms with van der Waals surface area (Å²) in [4.78, 5) is 0. The molecular weight excluding hydrogens is 229 g/mol. The third-order valence-corrected chi connectivity index (χ3v) is 4.35. The lowest BCUT2D eigenvalue weighted by molar-refractivity contribution is -0.0888. The maximum Gasteiger partial charge on any atom is 0.257 e. The van der Waals surface area contributed by atoms with Gasteiger partial charge in [-0.05, 0) is 13.8 Å². The molecule has 0 bridgehead atoms. The van der Waals surface area contributed by atoms with Crippen LogP contribution in [0.25, 0.3) is 0 Å². The van der Waals surface area contributed by atoms with Crippen LogP contribution in [-0.2, 0) is 18.6 Å². The molecule has 0 aliphatic heterocycles. The molecule has 0 aliphatic rings. The highest BCUT2D eigenvalue weighted by Crippen LogP contribution is 2.52. The van der Waals surface area contributed by atoms with Gasteiger partial charge in [-0.25, -0.2) is 0 Å². The fourth-order valence-electron chi connectivity index (χ4n) is 1.11. The van der Waals surface area contributed by atoms with Crippen LogP contribution in [0, 0.1) is 11.3 Å². The molecule has 0 saturated carbocycles. The van der Waals surface area contributed by atoms with Gasteiger partial charge in [-0.1, -0.05) is 6.92 Å². The molecule has 94 valence electrons. The Kier molecular flexibility index (Phi) is 8.50. The van der Waals surface area contributed by atoms with Crippen LogP contribution < -0.4 is 0 Å². The van der Waals surface area contributed by atoms with Gasteiger partial charge in [0.2, 0.25) is 6.03 Å². The number of rotatable bonds is 9.